The van der Waals surface area contributed by atoms with Crippen LogP contribution in [0.15, 0.2) is 41.7 Å². The van der Waals surface area contributed by atoms with Crippen molar-refractivity contribution in [2.45, 2.75) is 57.7 Å². The van der Waals surface area contributed by atoms with E-state index < -0.39 is 0 Å². The minimum atomic E-state index is 0.463. The van der Waals surface area contributed by atoms with Gasteiger partial charge in [0, 0.05) is 37.4 Å². The minimum absolute atomic E-state index is 0.463. The first kappa shape index (κ1) is 18.9. The molecule has 0 amide bonds. The lowest BCUT2D eigenvalue weighted by atomic mass is 10.2. The fourth-order valence-corrected chi connectivity index (χ4v) is 4.34. The molecule has 1 saturated heterocycles. The van der Waals surface area contributed by atoms with E-state index in [0.717, 1.165) is 36.6 Å². The largest absolute Gasteiger partial charge is 0.357 e. The Hall–Kier alpha value is -2.41. The maximum Gasteiger partial charge on any atom is 0.191 e. The molecule has 1 aliphatic heterocycles. The molecule has 1 aromatic carbocycles. The highest BCUT2D eigenvalue weighted by Gasteiger charge is 2.30. The minimum Gasteiger partial charge on any atom is -0.357 e. The molecule has 7 heteroatoms. The summed E-state index contributed by atoms with van der Waals surface area (Å²) in [7, 11) is 0. The van der Waals surface area contributed by atoms with Crippen molar-refractivity contribution in [1.29, 1.82) is 0 Å². The molecule has 2 aromatic rings. The molecule has 1 aromatic heterocycles. The zero-order valence-corrected chi connectivity index (χ0v) is 16.7. The number of guanidine groups is 1. The summed E-state index contributed by atoms with van der Waals surface area (Å²) in [5.74, 6) is 1.70. The van der Waals surface area contributed by atoms with Gasteiger partial charge in [-0.05, 0) is 38.3 Å². The SMILES string of the molecule is CCNC(=NCc1nncn1-c1ccccc1)NC1CCN(C2CCCC2)C1. The highest BCUT2D eigenvalue weighted by atomic mass is 15.3. The number of para-hydroxylation sites is 1. The van der Waals surface area contributed by atoms with Crippen LogP contribution in [0.5, 0.6) is 0 Å². The monoisotopic (exact) mass is 381 g/mol. The van der Waals surface area contributed by atoms with Crippen LogP contribution in [0.4, 0.5) is 0 Å². The van der Waals surface area contributed by atoms with Crippen LogP contribution in [0, 0.1) is 0 Å². The van der Waals surface area contributed by atoms with Crippen molar-refractivity contribution in [3.63, 3.8) is 0 Å². The molecule has 7 nitrogen and oxygen atoms in total. The summed E-state index contributed by atoms with van der Waals surface area (Å²) in [4.78, 5) is 7.45. The molecule has 150 valence electrons. The lowest BCUT2D eigenvalue weighted by Gasteiger charge is -2.24. The third kappa shape index (κ3) is 4.52. The Kier molecular flexibility index (Phi) is 6.21. The second-order valence-electron chi connectivity index (χ2n) is 7.71. The molecule has 0 spiro atoms. The molecule has 1 atom stereocenters. The molecule has 2 heterocycles. The van der Waals surface area contributed by atoms with Gasteiger partial charge in [-0.25, -0.2) is 4.99 Å². The van der Waals surface area contributed by atoms with Crippen LogP contribution in [-0.2, 0) is 6.54 Å². The summed E-state index contributed by atoms with van der Waals surface area (Å²) in [6.45, 7) is 5.75. The Morgan fingerprint density at radius 3 is 2.79 bits per heavy atom. The normalized spacial score (nSPS) is 21.3. The third-order valence-corrected chi connectivity index (χ3v) is 5.78. The molecule has 1 saturated carbocycles. The molecule has 1 unspecified atom stereocenters. The van der Waals surface area contributed by atoms with Crippen LogP contribution in [-0.4, -0.2) is 57.3 Å². The second-order valence-corrected chi connectivity index (χ2v) is 7.71. The van der Waals surface area contributed by atoms with E-state index in [9.17, 15) is 0 Å². The van der Waals surface area contributed by atoms with Crippen LogP contribution in [0.2, 0.25) is 0 Å². The van der Waals surface area contributed by atoms with E-state index in [0.29, 0.717) is 12.6 Å². The maximum atomic E-state index is 4.78. The van der Waals surface area contributed by atoms with Gasteiger partial charge in [-0.3, -0.25) is 9.47 Å². The molecule has 4 rings (SSSR count). The maximum absolute atomic E-state index is 4.78. The molecule has 0 radical (unpaired) electrons. The van der Waals surface area contributed by atoms with Gasteiger partial charge in [0.15, 0.2) is 11.8 Å². The van der Waals surface area contributed by atoms with Crippen LogP contribution in [0.3, 0.4) is 0 Å². The van der Waals surface area contributed by atoms with Gasteiger partial charge in [0.25, 0.3) is 0 Å². The summed E-state index contributed by atoms with van der Waals surface area (Å²) < 4.78 is 1.99. The van der Waals surface area contributed by atoms with E-state index in [1.165, 1.54) is 38.6 Å². The van der Waals surface area contributed by atoms with Crippen LogP contribution in [0.1, 0.15) is 44.9 Å². The highest BCUT2D eigenvalue weighted by molar-refractivity contribution is 5.80. The smallest absolute Gasteiger partial charge is 0.191 e. The first-order valence-corrected chi connectivity index (χ1v) is 10.6. The number of aliphatic imine (C=N–C) groups is 1. The van der Waals surface area contributed by atoms with Crippen LogP contribution >= 0.6 is 0 Å². The molecule has 2 N–H and O–H groups in total. The molecule has 28 heavy (non-hydrogen) atoms. The molecular weight excluding hydrogens is 350 g/mol. The zero-order chi connectivity index (χ0) is 19.2. The first-order valence-electron chi connectivity index (χ1n) is 10.6. The summed E-state index contributed by atoms with van der Waals surface area (Å²) in [5, 5.41) is 15.3. The number of nitrogens with zero attached hydrogens (tertiary/aromatic N) is 5. The van der Waals surface area contributed by atoms with Gasteiger partial charge in [-0.15, -0.1) is 10.2 Å². The topological polar surface area (TPSA) is 70.4 Å². The second kappa shape index (κ2) is 9.19. The van der Waals surface area contributed by atoms with Crippen molar-refractivity contribution in [2.75, 3.05) is 19.6 Å². The van der Waals surface area contributed by atoms with E-state index in [1.807, 2.05) is 22.8 Å². The van der Waals surface area contributed by atoms with Crippen molar-refractivity contribution < 1.29 is 0 Å². The fourth-order valence-electron chi connectivity index (χ4n) is 4.34. The van der Waals surface area contributed by atoms with Gasteiger partial charge >= 0.3 is 0 Å². The Labute approximate surface area is 167 Å². The van der Waals surface area contributed by atoms with E-state index in [-0.39, 0.29) is 0 Å². The third-order valence-electron chi connectivity index (χ3n) is 5.78. The summed E-state index contributed by atoms with van der Waals surface area (Å²) >= 11 is 0. The Morgan fingerprint density at radius 2 is 2.00 bits per heavy atom. The van der Waals surface area contributed by atoms with E-state index >= 15 is 0 Å². The Morgan fingerprint density at radius 1 is 1.18 bits per heavy atom. The molecule has 2 fully saturated rings. The van der Waals surface area contributed by atoms with Gasteiger partial charge in [-0.1, -0.05) is 31.0 Å². The van der Waals surface area contributed by atoms with Gasteiger partial charge in [0.2, 0.25) is 0 Å². The Bertz CT molecular complexity index is 764. The number of nitrogens with one attached hydrogen (secondary N) is 2. The number of likely N-dealkylation sites (tertiary alicyclic amines) is 1. The van der Waals surface area contributed by atoms with Crippen molar-refractivity contribution >= 4 is 5.96 Å². The predicted octanol–water partition coefficient (Wildman–Crippen LogP) is 2.34. The molecule has 1 aliphatic carbocycles. The fraction of sp³-hybridized carbons (Fsp3) is 0.571. The first-order chi connectivity index (χ1) is 13.8. The van der Waals surface area contributed by atoms with Crippen molar-refractivity contribution in [3.05, 3.63) is 42.5 Å². The summed E-state index contributed by atoms with van der Waals surface area (Å²) in [6.07, 6.45) is 8.46. The molecule has 2 aliphatic rings. The number of aromatic nitrogens is 3. The van der Waals surface area contributed by atoms with Crippen molar-refractivity contribution in [1.82, 2.24) is 30.3 Å². The van der Waals surface area contributed by atoms with Gasteiger partial charge in [-0.2, -0.15) is 0 Å². The zero-order valence-electron chi connectivity index (χ0n) is 16.7. The van der Waals surface area contributed by atoms with Crippen molar-refractivity contribution in [3.8, 4) is 5.69 Å². The van der Waals surface area contributed by atoms with E-state index in [2.05, 4.69) is 44.8 Å². The van der Waals surface area contributed by atoms with E-state index in [1.54, 1.807) is 6.33 Å². The van der Waals surface area contributed by atoms with Crippen LogP contribution in [0.25, 0.3) is 5.69 Å². The number of hydrogen-bond acceptors (Lipinski definition) is 4. The van der Waals surface area contributed by atoms with Crippen LogP contribution < -0.4 is 10.6 Å². The number of rotatable bonds is 6. The van der Waals surface area contributed by atoms with Gasteiger partial charge < -0.3 is 10.6 Å². The lowest BCUT2D eigenvalue weighted by Crippen LogP contribution is -2.45. The number of benzene rings is 1. The average Bonchev–Trinajstić information content (AvgIpc) is 3.47. The quantitative estimate of drug-likeness (QED) is 0.594. The van der Waals surface area contributed by atoms with Crippen molar-refractivity contribution in [2.24, 2.45) is 4.99 Å². The summed E-state index contributed by atoms with van der Waals surface area (Å²) in [5.41, 5.74) is 1.05. The Balaban J connectivity index is 1.38. The molecular formula is C21H31N7. The van der Waals surface area contributed by atoms with Gasteiger partial charge in [0.05, 0.1) is 0 Å². The lowest BCUT2D eigenvalue weighted by molar-refractivity contribution is 0.242. The van der Waals surface area contributed by atoms with Gasteiger partial charge in [0.1, 0.15) is 12.9 Å². The molecule has 0 bridgehead atoms. The highest BCUT2D eigenvalue weighted by Crippen LogP contribution is 2.26. The average molecular weight is 382 g/mol. The van der Waals surface area contributed by atoms with E-state index in [4.69, 9.17) is 4.99 Å². The summed E-state index contributed by atoms with van der Waals surface area (Å²) in [6, 6.07) is 11.4. The predicted molar refractivity (Wildman–Crippen MR) is 112 cm³/mol. The number of hydrogen-bond donors (Lipinski definition) is 2. The standard InChI is InChI=1S/C21H31N7/c1-2-22-21(25-17-12-13-27(15-17)18-8-6-7-9-18)23-14-20-26-24-16-28(20)19-10-4-3-5-11-19/h3-5,10-11,16-18H,2,6-9,12-15H2,1H3,(H2,22,23,25).